The number of H-pyrrole nitrogens is 1. The van der Waals surface area contributed by atoms with Crippen LogP contribution in [-0.4, -0.2) is 33.6 Å². The van der Waals surface area contributed by atoms with E-state index in [9.17, 15) is 9.90 Å². The Hall–Kier alpha value is -2.63. The lowest BCUT2D eigenvalue weighted by Crippen LogP contribution is -2.39. The van der Waals surface area contributed by atoms with E-state index >= 15 is 0 Å². The van der Waals surface area contributed by atoms with E-state index in [1.807, 2.05) is 43.5 Å². The van der Waals surface area contributed by atoms with Crippen LogP contribution in [0.2, 0.25) is 5.02 Å². The first kappa shape index (κ1) is 22.1. The number of hydrogen-bond acceptors (Lipinski definition) is 3. The van der Waals surface area contributed by atoms with Crippen molar-refractivity contribution in [3.63, 3.8) is 0 Å². The second-order valence-corrected chi connectivity index (χ2v) is 9.02. The van der Waals surface area contributed by atoms with Gasteiger partial charge in [0, 0.05) is 33.5 Å². The number of carbonyl (C=O) groups is 1. The fourth-order valence-electron chi connectivity index (χ4n) is 3.10. The summed E-state index contributed by atoms with van der Waals surface area (Å²) in [4.78, 5) is 20.4. The number of aromatic nitrogens is 2. The van der Waals surface area contributed by atoms with Crippen molar-refractivity contribution in [1.82, 2.24) is 15.3 Å². The standard InChI is InChI=1S/C24H28ClN3O2/c1-15-5-8-18(12-20(15)25)23(30)27-19(14-29)11-16-6-9-17(10-7-16)22-26-13-21(28-22)24(2,3)4/h5-10,12-13,19,29H,11,14H2,1-4H3,(H,26,28)(H,27,30)/t19-/m0/s1. The molecule has 3 N–H and O–H groups in total. The molecule has 1 aromatic heterocycles. The number of aromatic amines is 1. The molecule has 1 atom stereocenters. The number of hydrogen-bond donors (Lipinski definition) is 3. The van der Waals surface area contributed by atoms with Crippen molar-refractivity contribution in [3.05, 3.63) is 76.1 Å². The maximum absolute atomic E-state index is 12.5. The Bertz CT molecular complexity index is 1020. The smallest absolute Gasteiger partial charge is 0.251 e. The highest BCUT2D eigenvalue weighted by Gasteiger charge is 2.17. The van der Waals surface area contributed by atoms with Crippen molar-refractivity contribution in [2.45, 2.75) is 45.6 Å². The molecule has 0 aliphatic heterocycles. The number of nitrogens with zero attached hydrogens (tertiary/aromatic N) is 1. The van der Waals surface area contributed by atoms with Crippen molar-refractivity contribution in [2.24, 2.45) is 0 Å². The number of aliphatic hydroxyl groups is 1. The molecule has 0 aliphatic carbocycles. The van der Waals surface area contributed by atoms with Crippen LogP contribution < -0.4 is 5.32 Å². The summed E-state index contributed by atoms with van der Waals surface area (Å²) < 4.78 is 0. The third-order valence-corrected chi connectivity index (χ3v) is 5.49. The topological polar surface area (TPSA) is 78.0 Å². The van der Waals surface area contributed by atoms with Crippen LogP contribution in [0.4, 0.5) is 0 Å². The van der Waals surface area contributed by atoms with Crippen LogP contribution in [0.3, 0.4) is 0 Å². The minimum Gasteiger partial charge on any atom is -0.394 e. The van der Waals surface area contributed by atoms with Crippen molar-refractivity contribution in [2.75, 3.05) is 6.61 Å². The average Bonchev–Trinajstić information content (AvgIpc) is 3.21. The van der Waals surface area contributed by atoms with Crippen molar-refractivity contribution >= 4 is 17.5 Å². The van der Waals surface area contributed by atoms with Gasteiger partial charge in [-0.25, -0.2) is 4.98 Å². The van der Waals surface area contributed by atoms with Gasteiger partial charge >= 0.3 is 0 Å². The summed E-state index contributed by atoms with van der Waals surface area (Å²) >= 11 is 6.11. The van der Waals surface area contributed by atoms with Crippen LogP contribution in [0.1, 0.15) is 48.0 Å². The number of amides is 1. The van der Waals surface area contributed by atoms with Gasteiger partial charge in [-0.1, -0.05) is 62.7 Å². The second-order valence-electron chi connectivity index (χ2n) is 8.61. The minimum atomic E-state index is -0.389. The number of rotatable bonds is 6. The fourth-order valence-corrected chi connectivity index (χ4v) is 3.28. The molecule has 2 aromatic carbocycles. The number of halogens is 1. The molecular formula is C24H28ClN3O2. The summed E-state index contributed by atoms with van der Waals surface area (Å²) in [6.07, 6.45) is 2.39. The van der Waals surface area contributed by atoms with E-state index in [0.717, 1.165) is 28.2 Å². The van der Waals surface area contributed by atoms with Gasteiger partial charge in [-0.15, -0.1) is 0 Å². The Kier molecular flexibility index (Phi) is 6.64. The molecule has 0 unspecified atom stereocenters. The van der Waals surface area contributed by atoms with Crippen LogP contribution in [0.25, 0.3) is 11.4 Å². The molecule has 3 rings (SSSR count). The third-order valence-electron chi connectivity index (χ3n) is 5.08. The van der Waals surface area contributed by atoms with E-state index in [4.69, 9.17) is 11.6 Å². The number of imidazole rings is 1. The highest BCUT2D eigenvalue weighted by Crippen LogP contribution is 2.24. The van der Waals surface area contributed by atoms with Crippen molar-refractivity contribution in [1.29, 1.82) is 0 Å². The number of benzene rings is 2. The third kappa shape index (κ3) is 5.29. The Labute approximate surface area is 182 Å². The lowest BCUT2D eigenvalue weighted by molar-refractivity contribution is 0.0916. The van der Waals surface area contributed by atoms with Crippen LogP contribution in [0, 0.1) is 6.92 Å². The zero-order chi connectivity index (χ0) is 21.9. The van der Waals surface area contributed by atoms with Crippen LogP contribution in [0.5, 0.6) is 0 Å². The molecule has 0 aliphatic rings. The van der Waals surface area contributed by atoms with Gasteiger partial charge in [0.2, 0.25) is 0 Å². The summed E-state index contributed by atoms with van der Waals surface area (Å²) in [6.45, 7) is 8.15. The monoisotopic (exact) mass is 425 g/mol. The van der Waals surface area contributed by atoms with Crippen molar-refractivity contribution in [3.8, 4) is 11.4 Å². The molecule has 0 radical (unpaired) electrons. The molecule has 1 amide bonds. The van der Waals surface area contributed by atoms with Gasteiger partial charge < -0.3 is 15.4 Å². The average molecular weight is 426 g/mol. The highest BCUT2D eigenvalue weighted by atomic mass is 35.5. The van der Waals surface area contributed by atoms with Crippen molar-refractivity contribution < 1.29 is 9.90 Å². The summed E-state index contributed by atoms with van der Waals surface area (Å²) in [6, 6.07) is 12.8. The molecule has 0 saturated carbocycles. The Morgan fingerprint density at radius 1 is 1.20 bits per heavy atom. The molecule has 1 heterocycles. The molecule has 0 spiro atoms. The Morgan fingerprint density at radius 2 is 1.90 bits per heavy atom. The molecule has 6 heteroatoms. The van der Waals surface area contributed by atoms with E-state index < -0.39 is 0 Å². The summed E-state index contributed by atoms with van der Waals surface area (Å²) in [5.41, 5.74) is 4.50. The van der Waals surface area contributed by atoms with E-state index in [-0.39, 0.29) is 24.0 Å². The quantitative estimate of drug-likeness (QED) is 0.537. The van der Waals surface area contributed by atoms with E-state index in [1.54, 1.807) is 12.1 Å². The number of nitrogens with one attached hydrogen (secondary N) is 2. The van der Waals surface area contributed by atoms with Gasteiger partial charge in [0.05, 0.1) is 12.6 Å². The first-order chi connectivity index (χ1) is 14.2. The first-order valence-corrected chi connectivity index (χ1v) is 10.4. The van der Waals surface area contributed by atoms with Crippen LogP contribution in [0.15, 0.2) is 48.7 Å². The Balaban J connectivity index is 1.66. The molecule has 0 saturated heterocycles. The predicted octanol–water partition coefficient (Wildman–Crippen LogP) is 4.67. The van der Waals surface area contributed by atoms with Gasteiger partial charge in [0.25, 0.3) is 5.91 Å². The zero-order valence-corrected chi connectivity index (χ0v) is 18.5. The lowest BCUT2D eigenvalue weighted by atomic mass is 9.93. The van der Waals surface area contributed by atoms with E-state index in [2.05, 4.69) is 36.1 Å². The normalized spacial score (nSPS) is 12.6. The van der Waals surface area contributed by atoms with Crippen LogP contribution >= 0.6 is 11.6 Å². The zero-order valence-electron chi connectivity index (χ0n) is 17.8. The molecule has 0 bridgehead atoms. The summed E-state index contributed by atoms with van der Waals surface area (Å²) in [7, 11) is 0. The van der Waals surface area contributed by atoms with Gasteiger partial charge in [-0.2, -0.15) is 0 Å². The molecule has 5 nitrogen and oxygen atoms in total. The van der Waals surface area contributed by atoms with Gasteiger partial charge in [-0.05, 0) is 36.6 Å². The predicted molar refractivity (Wildman–Crippen MR) is 121 cm³/mol. The largest absolute Gasteiger partial charge is 0.394 e. The second kappa shape index (κ2) is 9.02. The molecule has 30 heavy (non-hydrogen) atoms. The van der Waals surface area contributed by atoms with Gasteiger partial charge in [0.15, 0.2) is 0 Å². The summed E-state index contributed by atoms with van der Waals surface area (Å²) in [5, 5.41) is 13.2. The molecule has 0 fully saturated rings. The summed E-state index contributed by atoms with van der Waals surface area (Å²) in [5.74, 6) is 0.576. The highest BCUT2D eigenvalue weighted by molar-refractivity contribution is 6.31. The number of carbonyl (C=O) groups excluding carboxylic acids is 1. The number of aryl methyl sites for hydroxylation is 1. The van der Waals surface area contributed by atoms with E-state index in [0.29, 0.717) is 17.0 Å². The fraction of sp³-hybridized carbons (Fsp3) is 0.333. The van der Waals surface area contributed by atoms with Gasteiger partial charge in [0.1, 0.15) is 5.82 Å². The molecular weight excluding hydrogens is 398 g/mol. The SMILES string of the molecule is Cc1ccc(C(=O)N[C@H](CO)Cc2ccc(-c3ncc(C(C)(C)C)[nH]3)cc2)cc1Cl. The first-order valence-electron chi connectivity index (χ1n) is 10.00. The Morgan fingerprint density at radius 3 is 2.47 bits per heavy atom. The molecule has 158 valence electrons. The van der Waals surface area contributed by atoms with E-state index in [1.165, 1.54) is 0 Å². The maximum Gasteiger partial charge on any atom is 0.251 e. The minimum absolute atomic E-state index is 0.0133. The number of aliphatic hydroxyl groups excluding tert-OH is 1. The van der Waals surface area contributed by atoms with Crippen LogP contribution in [-0.2, 0) is 11.8 Å². The van der Waals surface area contributed by atoms with Gasteiger partial charge in [-0.3, -0.25) is 4.79 Å². The maximum atomic E-state index is 12.5. The molecule has 3 aromatic rings. The lowest BCUT2D eigenvalue weighted by Gasteiger charge is -2.17.